The number of nitrogens with zero attached hydrogens (tertiary/aromatic N) is 1. The lowest BCUT2D eigenvalue weighted by atomic mass is 10.0. The van der Waals surface area contributed by atoms with Gasteiger partial charge in [-0.25, -0.2) is 8.42 Å². The summed E-state index contributed by atoms with van der Waals surface area (Å²) in [6, 6.07) is 19.7. The van der Waals surface area contributed by atoms with Gasteiger partial charge in [-0.1, -0.05) is 42.5 Å². The zero-order valence-electron chi connectivity index (χ0n) is 19.3. The molecule has 1 heterocycles. The van der Waals surface area contributed by atoms with E-state index < -0.39 is 10.0 Å². The minimum atomic E-state index is -3.51. The lowest BCUT2D eigenvalue weighted by Gasteiger charge is -2.25. The molecular weight excluding hydrogens is 452 g/mol. The average Bonchev–Trinajstić information content (AvgIpc) is 2.83. The molecule has 0 fully saturated rings. The van der Waals surface area contributed by atoms with Gasteiger partial charge in [-0.05, 0) is 47.7 Å². The number of sulfonamides is 1. The number of fused-ring (bicyclic) bond motifs is 2. The Bertz CT molecular complexity index is 1250. The van der Waals surface area contributed by atoms with Gasteiger partial charge in [0.15, 0.2) is 11.5 Å². The van der Waals surface area contributed by atoms with Crippen LogP contribution in [0, 0.1) is 0 Å². The fraction of sp³-hybridized carbons (Fsp3) is 0.346. The van der Waals surface area contributed by atoms with Crippen LogP contribution in [0.5, 0.6) is 11.5 Å². The number of benzene rings is 3. The highest BCUT2D eigenvalue weighted by Gasteiger charge is 2.21. The summed E-state index contributed by atoms with van der Waals surface area (Å²) in [5, 5.41) is 5.42. The van der Waals surface area contributed by atoms with Gasteiger partial charge in [0, 0.05) is 25.6 Å². The topological polar surface area (TPSA) is 84.9 Å². The van der Waals surface area contributed by atoms with Crippen LogP contribution < -0.4 is 19.1 Å². The molecule has 1 amide bonds. The number of hydrogen-bond acceptors (Lipinski definition) is 5. The minimum Gasteiger partial charge on any atom is -0.486 e. The molecule has 0 radical (unpaired) electrons. The van der Waals surface area contributed by atoms with E-state index in [1.165, 1.54) is 20.6 Å². The van der Waals surface area contributed by atoms with Crippen molar-refractivity contribution in [2.24, 2.45) is 0 Å². The lowest BCUT2D eigenvalue weighted by molar-refractivity contribution is -0.121. The van der Waals surface area contributed by atoms with Crippen molar-refractivity contribution in [1.82, 2.24) is 5.32 Å². The second kappa shape index (κ2) is 10.8. The summed E-state index contributed by atoms with van der Waals surface area (Å²) >= 11 is 0. The Morgan fingerprint density at radius 1 is 0.971 bits per heavy atom. The molecule has 34 heavy (non-hydrogen) atoms. The SMILES string of the molecule is CS(=O)(=O)N(CCCC(=O)NCCCc1cccc2ccccc12)c1ccc2c(c1)OCCO2. The maximum atomic E-state index is 12.4. The molecule has 8 heteroatoms. The first-order valence-electron chi connectivity index (χ1n) is 11.5. The third-order valence-electron chi connectivity index (χ3n) is 5.80. The third kappa shape index (κ3) is 5.99. The average molecular weight is 483 g/mol. The second-order valence-corrected chi connectivity index (χ2v) is 10.3. The zero-order valence-corrected chi connectivity index (χ0v) is 20.1. The van der Waals surface area contributed by atoms with Gasteiger partial charge in [0.1, 0.15) is 13.2 Å². The summed E-state index contributed by atoms with van der Waals surface area (Å²) in [6.45, 7) is 1.69. The fourth-order valence-corrected chi connectivity index (χ4v) is 5.12. The van der Waals surface area contributed by atoms with Crippen molar-refractivity contribution in [2.75, 3.05) is 36.9 Å². The van der Waals surface area contributed by atoms with Crippen molar-refractivity contribution in [3.8, 4) is 11.5 Å². The standard InChI is InChI=1S/C26H30N2O5S/c1-34(30,31)28(22-13-14-24-25(19-22)33-18-17-32-24)16-6-12-26(29)27-15-5-10-21-9-4-8-20-7-2-3-11-23(20)21/h2-4,7-9,11,13-14,19H,5-6,10,12,15-18H2,1H3,(H,27,29). The number of carbonyl (C=O) groups is 1. The molecule has 0 unspecified atom stereocenters. The quantitative estimate of drug-likeness (QED) is 0.443. The number of anilines is 1. The van der Waals surface area contributed by atoms with Crippen molar-refractivity contribution in [1.29, 1.82) is 0 Å². The van der Waals surface area contributed by atoms with Gasteiger partial charge in [-0.2, -0.15) is 0 Å². The highest BCUT2D eigenvalue weighted by Crippen LogP contribution is 2.34. The van der Waals surface area contributed by atoms with E-state index in [0.29, 0.717) is 43.4 Å². The fourth-order valence-electron chi connectivity index (χ4n) is 4.16. The lowest BCUT2D eigenvalue weighted by Crippen LogP contribution is -2.32. The van der Waals surface area contributed by atoms with E-state index in [4.69, 9.17) is 9.47 Å². The molecule has 0 aromatic heterocycles. The van der Waals surface area contributed by atoms with Gasteiger partial charge in [-0.3, -0.25) is 9.10 Å². The van der Waals surface area contributed by atoms with E-state index in [1.54, 1.807) is 18.2 Å². The summed E-state index contributed by atoms with van der Waals surface area (Å²) in [6.07, 6.45) is 3.55. The molecule has 1 N–H and O–H groups in total. The van der Waals surface area contributed by atoms with Crippen LogP contribution in [0.2, 0.25) is 0 Å². The maximum absolute atomic E-state index is 12.4. The molecular formula is C26H30N2O5S. The van der Waals surface area contributed by atoms with Gasteiger partial charge in [0.05, 0.1) is 11.9 Å². The molecule has 0 saturated heterocycles. The first-order valence-corrected chi connectivity index (χ1v) is 13.4. The van der Waals surface area contributed by atoms with Crippen LogP contribution in [0.1, 0.15) is 24.8 Å². The van der Waals surface area contributed by atoms with E-state index in [0.717, 1.165) is 19.1 Å². The molecule has 0 atom stereocenters. The van der Waals surface area contributed by atoms with Gasteiger partial charge in [0.2, 0.25) is 15.9 Å². The zero-order chi connectivity index (χ0) is 24.0. The highest BCUT2D eigenvalue weighted by molar-refractivity contribution is 7.92. The summed E-state index contributed by atoms with van der Waals surface area (Å²) in [7, 11) is -3.51. The molecule has 7 nitrogen and oxygen atoms in total. The predicted octanol–water partition coefficient (Wildman–Crippen LogP) is 3.91. The van der Waals surface area contributed by atoms with Crippen LogP contribution in [0.3, 0.4) is 0 Å². The van der Waals surface area contributed by atoms with Gasteiger partial charge in [-0.15, -0.1) is 0 Å². The number of hydrogen-bond donors (Lipinski definition) is 1. The smallest absolute Gasteiger partial charge is 0.232 e. The van der Waals surface area contributed by atoms with E-state index in [2.05, 4.69) is 35.6 Å². The van der Waals surface area contributed by atoms with Crippen molar-refractivity contribution in [3.63, 3.8) is 0 Å². The van der Waals surface area contributed by atoms with E-state index in [1.807, 2.05) is 12.1 Å². The van der Waals surface area contributed by atoms with Crippen molar-refractivity contribution in [2.45, 2.75) is 25.7 Å². The molecule has 0 bridgehead atoms. The van der Waals surface area contributed by atoms with Crippen molar-refractivity contribution >= 4 is 32.4 Å². The van der Waals surface area contributed by atoms with Gasteiger partial charge < -0.3 is 14.8 Å². The van der Waals surface area contributed by atoms with Crippen molar-refractivity contribution in [3.05, 3.63) is 66.2 Å². The van der Waals surface area contributed by atoms with E-state index in [9.17, 15) is 13.2 Å². The molecule has 3 aromatic rings. The summed E-state index contributed by atoms with van der Waals surface area (Å²) in [4.78, 5) is 12.3. The largest absolute Gasteiger partial charge is 0.486 e. The first kappa shape index (κ1) is 23.9. The van der Waals surface area contributed by atoms with E-state index in [-0.39, 0.29) is 18.9 Å². The number of nitrogens with one attached hydrogen (secondary N) is 1. The number of rotatable bonds is 10. The van der Waals surface area contributed by atoms with Crippen LogP contribution >= 0.6 is 0 Å². The Labute approximate surface area is 200 Å². The first-order chi connectivity index (χ1) is 16.4. The minimum absolute atomic E-state index is 0.0754. The summed E-state index contributed by atoms with van der Waals surface area (Å²) in [5.74, 6) is 1.06. The van der Waals surface area contributed by atoms with Crippen molar-refractivity contribution < 1.29 is 22.7 Å². The van der Waals surface area contributed by atoms with Gasteiger partial charge >= 0.3 is 0 Å². The van der Waals surface area contributed by atoms with Crippen LogP contribution in [0.15, 0.2) is 60.7 Å². The number of aryl methyl sites for hydroxylation is 1. The second-order valence-electron chi connectivity index (χ2n) is 8.36. The molecule has 0 aliphatic carbocycles. The predicted molar refractivity (Wildman–Crippen MR) is 134 cm³/mol. The number of ether oxygens (including phenoxy) is 2. The molecule has 0 spiro atoms. The Morgan fingerprint density at radius 3 is 2.56 bits per heavy atom. The molecule has 3 aromatic carbocycles. The number of amides is 1. The van der Waals surface area contributed by atoms with E-state index >= 15 is 0 Å². The molecule has 1 aliphatic rings. The Balaban J connectivity index is 1.25. The molecule has 4 rings (SSSR count). The summed E-state index contributed by atoms with van der Waals surface area (Å²) in [5.41, 5.74) is 1.78. The third-order valence-corrected chi connectivity index (χ3v) is 7.00. The number of carbonyl (C=O) groups excluding carboxylic acids is 1. The summed E-state index contributed by atoms with van der Waals surface area (Å²) < 4.78 is 37.1. The Morgan fingerprint density at radius 2 is 1.74 bits per heavy atom. The monoisotopic (exact) mass is 482 g/mol. The molecule has 0 saturated carbocycles. The van der Waals surface area contributed by atoms with Crippen LogP contribution in [-0.2, 0) is 21.2 Å². The normalized spacial score (nSPS) is 13.0. The van der Waals surface area contributed by atoms with Crippen LogP contribution in [0.25, 0.3) is 10.8 Å². The van der Waals surface area contributed by atoms with Crippen LogP contribution in [-0.4, -0.2) is 46.9 Å². The van der Waals surface area contributed by atoms with Crippen LogP contribution in [0.4, 0.5) is 5.69 Å². The molecule has 1 aliphatic heterocycles. The van der Waals surface area contributed by atoms with Gasteiger partial charge in [0.25, 0.3) is 0 Å². The molecule has 180 valence electrons. The Hall–Kier alpha value is -3.26. The maximum Gasteiger partial charge on any atom is 0.232 e. The highest BCUT2D eigenvalue weighted by atomic mass is 32.2. The Kier molecular flexibility index (Phi) is 7.57.